The Morgan fingerprint density at radius 1 is 1.12 bits per heavy atom. The maximum Gasteiger partial charge on any atom is 0.360 e. The normalized spacial score (nSPS) is 11.1. The zero-order valence-electron chi connectivity index (χ0n) is 8.58. The number of nitrogens with zero attached hydrogens (tertiary/aromatic N) is 1. The molecule has 1 N–H and O–H groups in total. The van der Waals surface area contributed by atoms with Gasteiger partial charge in [-0.3, -0.25) is 4.40 Å². The fraction of sp³-hybridized carbons (Fsp3) is 0. The van der Waals surface area contributed by atoms with Gasteiger partial charge in [0.05, 0.1) is 5.52 Å². The molecule has 0 atom stereocenters. The lowest BCUT2D eigenvalue weighted by molar-refractivity contribution is 0.0690. The zero-order chi connectivity index (χ0) is 12.0. The van der Waals surface area contributed by atoms with Gasteiger partial charge in [-0.1, -0.05) is 12.1 Å². The number of benzene rings is 1. The molecule has 0 aliphatic heterocycles. The SMILES string of the molecule is O=C(O)c1ccc2c(=O)oc3ccccc3n12. The first-order valence-electron chi connectivity index (χ1n) is 4.95. The molecular weight excluding hydrogens is 222 g/mol. The molecule has 84 valence electrons. The van der Waals surface area contributed by atoms with Gasteiger partial charge < -0.3 is 9.52 Å². The first-order valence-corrected chi connectivity index (χ1v) is 4.95. The van der Waals surface area contributed by atoms with Crippen molar-refractivity contribution in [3.05, 3.63) is 52.5 Å². The van der Waals surface area contributed by atoms with Crippen LogP contribution in [-0.2, 0) is 0 Å². The van der Waals surface area contributed by atoms with E-state index in [2.05, 4.69) is 0 Å². The second kappa shape index (κ2) is 3.21. The smallest absolute Gasteiger partial charge is 0.360 e. The van der Waals surface area contributed by atoms with Gasteiger partial charge in [0.1, 0.15) is 11.2 Å². The Hall–Kier alpha value is -2.56. The van der Waals surface area contributed by atoms with Gasteiger partial charge in [-0.25, -0.2) is 9.59 Å². The third kappa shape index (κ3) is 1.25. The number of carbonyl (C=O) groups is 1. The maximum absolute atomic E-state index is 11.6. The van der Waals surface area contributed by atoms with Crippen molar-refractivity contribution in [2.75, 3.05) is 0 Å². The lowest BCUT2D eigenvalue weighted by atomic mass is 10.3. The highest BCUT2D eigenvalue weighted by Crippen LogP contribution is 2.17. The Morgan fingerprint density at radius 3 is 2.65 bits per heavy atom. The average molecular weight is 229 g/mol. The first kappa shape index (κ1) is 9.65. The fourth-order valence-corrected chi connectivity index (χ4v) is 1.90. The van der Waals surface area contributed by atoms with Gasteiger partial charge >= 0.3 is 11.6 Å². The van der Waals surface area contributed by atoms with Gasteiger partial charge in [0.15, 0.2) is 5.58 Å². The second-order valence-electron chi connectivity index (χ2n) is 3.60. The molecular formula is C12H7NO4. The van der Waals surface area contributed by atoms with Crippen LogP contribution in [0, 0.1) is 0 Å². The molecule has 0 aliphatic rings. The first-order chi connectivity index (χ1) is 8.18. The number of hydrogen-bond acceptors (Lipinski definition) is 3. The van der Waals surface area contributed by atoms with E-state index in [-0.39, 0.29) is 11.2 Å². The van der Waals surface area contributed by atoms with Crippen LogP contribution in [0.4, 0.5) is 0 Å². The summed E-state index contributed by atoms with van der Waals surface area (Å²) < 4.78 is 6.49. The topological polar surface area (TPSA) is 71.9 Å². The number of hydrogen-bond donors (Lipinski definition) is 1. The molecule has 2 aromatic heterocycles. The minimum atomic E-state index is -1.08. The molecule has 0 saturated carbocycles. The van der Waals surface area contributed by atoms with E-state index in [1.165, 1.54) is 16.5 Å². The molecule has 0 saturated heterocycles. The molecule has 0 spiro atoms. The summed E-state index contributed by atoms with van der Waals surface area (Å²) in [7, 11) is 0. The molecule has 0 radical (unpaired) electrons. The molecule has 0 fully saturated rings. The maximum atomic E-state index is 11.6. The van der Waals surface area contributed by atoms with E-state index in [1.807, 2.05) is 0 Å². The molecule has 3 rings (SSSR count). The number of rotatable bonds is 1. The van der Waals surface area contributed by atoms with Gasteiger partial charge in [-0.05, 0) is 24.3 Å². The van der Waals surface area contributed by atoms with Gasteiger partial charge in [0.25, 0.3) is 0 Å². The summed E-state index contributed by atoms with van der Waals surface area (Å²) >= 11 is 0. The summed E-state index contributed by atoms with van der Waals surface area (Å²) in [6, 6.07) is 9.65. The summed E-state index contributed by atoms with van der Waals surface area (Å²) in [6.45, 7) is 0. The van der Waals surface area contributed by atoms with Crippen LogP contribution in [0.1, 0.15) is 10.5 Å². The monoisotopic (exact) mass is 229 g/mol. The predicted octanol–water partition coefficient (Wildman–Crippen LogP) is 1.74. The van der Waals surface area contributed by atoms with Gasteiger partial charge in [0, 0.05) is 0 Å². The highest BCUT2D eigenvalue weighted by Gasteiger charge is 2.14. The summed E-state index contributed by atoms with van der Waals surface area (Å²) in [4.78, 5) is 22.7. The van der Waals surface area contributed by atoms with Crippen molar-refractivity contribution >= 4 is 22.6 Å². The van der Waals surface area contributed by atoms with Gasteiger partial charge in [-0.15, -0.1) is 0 Å². The molecule has 0 aliphatic carbocycles. The second-order valence-corrected chi connectivity index (χ2v) is 3.60. The van der Waals surface area contributed by atoms with Gasteiger partial charge in [-0.2, -0.15) is 0 Å². The highest BCUT2D eigenvalue weighted by molar-refractivity contribution is 5.90. The van der Waals surface area contributed by atoms with Crippen molar-refractivity contribution in [1.29, 1.82) is 0 Å². The zero-order valence-corrected chi connectivity index (χ0v) is 8.58. The summed E-state index contributed by atoms with van der Waals surface area (Å²) in [5.41, 5.74) is 0.648. The van der Waals surface area contributed by atoms with E-state index in [0.29, 0.717) is 11.1 Å². The number of aromatic nitrogens is 1. The van der Waals surface area contributed by atoms with Gasteiger partial charge in [0.2, 0.25) is 0 Å². The summed E-state index contributed by atoms with van der Waals surface area (Å²) in [5.74, 6) is -1.08. The Morgan fingerprint density at radius 2 is 1.88 bits per heavy atom. The van der Waals surface area contributed by atoms with Crippen LogP contribution in [0.15, 0.2) is 45.6 Å². The van der Waals surface area contributed by atoms with Crippen LogP contribution in [0.25, 0.3) is 16.6 Å². The molecule has 1 aromatic carbocycles. The third-order valence-electron chi connectivity index (χ3n) is 2.62. The lowest BCUT2D eigenvalue weighted by Gasteiger charge is -2.02. The Balaban J connectivity index is 2.65. The molecule has 5 nitrogen and oxygen atoms in total. The van der Waals surface area contributed by atoms with Crippen LogP contribution in [0.5, 0.6) is 0 Å². The van der Waals surface area contributed by atoms with Crippen molar-refractivity contribution in [3.8, 4) is 0 Å². The number of carboxylic acids is 1. The van der Waals surface area contributed by atoms with Crippen molar-refractivity contribution in [2.24, 2.45) is 0 Å². The molecule has 3 aromatic rings. The van der Waals surface area contributed by atoms with Crippen molar-refractivity contribution in [3.63, 3.8) is 0 Å². The molecule has 0 amide bonds. The predicted molar refractivity (Wildman–Crippen MR) is 60.4 cm³/mol. The fourth-order valence-electron chi connectivity index (χ4n) is 1.90. The van der Waals surface area contributed by atoms with Crippen LogP contribution in [0.3, 0.4) is 0 Å². The Bertz CT molecular complexity index is 797. The summed E-state index contributed by atoms with van der Waals surface area (Å²) in [6.07, 6.45) is 0. The summed E-state index contributed by atoms with van der Waals surface area (Å²) in [5, 5.41) is 9.07. The molecule has 2 heterocycles. The van der Waals surface area contributed by atoms with Crippen LogP contribution >= 0.6 is 0 Å². The largest absolute Gasteiger partial charge is 0.477 e. The van der Waals surface area contributed by atoms with E-state index in [9.17, 15) is 9.59 Å². The number of fused-ring (bicyclic) bond motifs is 3. The van der Waals surface area contributed by atoms with E-state index < -0.39 is 11.6 Å². The van der Waals surface area contributed by atoms with Crippen molar-refractivity contribution < 1.29 is 14.3 Å². The Kier molecular flexibility index (Phi) is 1.82. The van der Waals surface area contributed by atoms with Crippen molar-refractivity contribution in [1.82, 2.24) is 4.40 Å². The number of para-hydroxylation sites is 2. The van der Waals surface area contributed by atoms with Crippen LogP contribution in [-0.4, -0.2) is 15.5 Å². The van der Waals surface area contributed by atoms with E-state index in [4.69, 9.17) is 9.52 Å². The molecule has 0 unspecified atom stereocenters. The molecule has 5 heteroatoms. The average Bonchev–Trinajstić information content (AvgIpc) is 2.74. The quantitative estimate of drug-likeness (QED) is 0.689. The third-order valence-corrected chi connectivity index (χ3v) is 2.62. The van der Waals surface area contributed by atoms with E-state index >= 15 is 0 Å². The molecule has 0 bridgehead atoms. The lowest BCUT2D eigenvalue weighted by Crippen LogP contribution is -2.08. The molecule has 17 heavy (non-hydrogen) atoms. The van der Waals surface area contributed by atoms with Crippen LogP contribution in [0.2, 0.25) is 0 Å². The van der Waals surface area contributed by atoms with E-state index in [0.717, 1.165) is 0 Å². The standard InChI is InChI=1S/C12H7NO4/c14-11(15)8-5-6-9-12(16)17-10-4-2-1-3-7(10)13(8)9/h1-6H,(H,14,15). The minimum absolute atomic E-state index is 0.0455. The van der Waals surface area contributed by atoms with Crippen LogP contribution < -0.4 is 5.63 Å². The number of carboxylic acid groups (broad SMARTS) is 1. The number of aromatic carboxylic acids is 1. The highest BCUT2D eigenvalue weighted by atomic mass is 16.4. The van der Waals surface area contributed by atoms with E-state index in [1.54, 1.807) is 24.3 Å². The van der Waals surface area contributed by atoms with Crippen molar-refractivity contribution in [2.45, 2.75) is 0 Å². The Labute approximate surface area is 94.5 Å². The minimum Gasteiger partial charge on any atom is -0.477 e.